The Labute approximate surface area is 112 Å². The normalized spacial score (nSPS) is 10.3. The zero-order valence-electron chi connectivity index (χ0n) is 10.6. The van der Waals surface area contributed by atoms with Crippen molar-refractivity contribution < 1.29 is 9.90 Å². The zero-order chi connectivity index (χ0) is 13.2. The molecule has 5 heteroatoms. The Morgan fingerprint density at radius 1 is 1.22 bits per heavy atom. The van der Waals surface area contributed by atoms with E-state index in [9.17, 15) is 4.79 Å². The maximum absolute atomic E-state index is 11.5. The Kier molecular flexibility index (Phi) is 7.29. The fraction of sp³-hybridized carbons (Fsp3) is 0.462. The fourth-order valence-corrected chi connectivity index (χ4v) is 2.06. The summed E-state index contributed by atoms with van der Waals surface area (Å²) in [6, 6.07) is 6.84. The minimum Gasteiger partial charge on any atom is -0.508 e. The standard InChI is InChI=1S/C13H20N2O2S/c1-2-7-14-8-9-15-13(17)10-18-12-5-3-11(16)4-6-12/h3-6,14,16H,2,7-10H2,1H3,(H,15,17). The number of phenolic OH excluding ortho intramolecular Hbond substituents is 1. The van der Waals surface area contributed by atoms with Gasteiger partial charge in [0.25, 0.3) is 0 Å². The molecular formula is C13H20N2O2S. The van der Waals surface area contributed by atoms with Crippen molar-refractivity contribution in [2.75, 3.05) is 25.4 Å². The molecule has 3 N–H and O–H groups in total. The lowest BCUT2D eigenvalue weighted by Gasteiger charge is -2.06. The van der Waals surface area contributed by atoms with E-state index < -0.39 is 0 Å². The second-order valence-corrected chi connectivity index (χ2v) is 4.93. The molecule has 0 bridgehead atoms. The number of phenols is 1. The van der Waals surface area contributed by atoms with Gasteiger partial charge >= 0.3 is 0 Å². The molecule has 0 spiro atoms. The van der Waals surface area contributed by atoms with Crippen molar-refractivity contribution in [1.29, 1.82) is 0 Å². The second-order valence-electron chi connectivity index (χ2n) is 3.88. The van der Waals surface area contributed by atoms with Crippen molar-refractivity contribution in [3.63, 3.8) is 0 Å². The number of hydrogen-bond donors (Lipinski definition) is 3. The first-order valence-electron chi connectivity index (χ1n) is 6.11. The topological polar surface area (TPSA) is 61.4 Å². The highest BCUT2D eigenvalue weighted by Gasteiger charge is 2.02. The SMILES string of the molecule is CCCNCCNC(=O)CSc1ccc(O)cc1. The molecule has 0 aliphatic carbocycles. The third-order valence-corrected chi connectivity index (χ3v) is 3.27. The van der Waals surface area contributed by atoms with Crippen LogP contribution in [0.4, 0.5) is 0 Å². The molecule has 4 nitrogen and oxygen atoms in total. The van der Waals surface area contributed by atoms with E-state index in [1.54, 1.807) is 24.3 Å². The van der Waals surface area contributed by atoms with Crippen LogP contribution in [0.25, 0.3) is 0 Å². The minimum absolute atomic E-state index is 0.0337. The number of thioether (sulfide) groups is 1. The van der Waals surface area contributed by atoms with Gasteiger partial charge in [-0.3, -0.25) is 4.79 Å². The summed E-state index contributed by atoms with van der Waals surface area (Å²) < 4.78 is 0. The first-order chi connectivity index (χ1) is 8.72. The maximum Gasteiger partial charge on any atom is 0.230 e. The summed E-state index contributed by atoms with van der Waals surface area (Å²) in [6.45, 7) is 4.57. The average molecular weight is 268 g/mol. The largest absolute Gasteiger partial charge is 0.508 e. The highest BCUT2D eigenvalue weighted by atomic mass is 32.2. The van der Waals surface area contributed by atoms with Crippen molar-refractivity contribution in [2.45, 2.75) is 18.2 Å². The highest BCUT2D eigenvalue weighted by molar-refractivity contribution is 8.00. The summed E-state index contributed by atoms with van der Waals surface area (Å²) in [7, 11) is 0. The quantitative estimate of drug-likeness (QED) is 0.495. The van der Waals surface area contributed by atoms with Crippen LogP contribution in [0, 0.1) is 0 Å². The summed E-state index contributed by atoms with van der Waals surface area (Å²) in [6.07, 6.45) is 1.10. The Bertz CT molecular complexity index is 355. The van der Waals surface area contributed by atoms with Crippen molar-refractivity contribution in [1.82, 2.24) is 10.6 Å². The first kappa shape index (κ1) is 14.9. The van der Waals surface area contributed by atoms with Crippen LogP contribution in [0.15, 0.2) is 29.2 Å². The zero-order valence-corrected chi connectivity index (χ0v) is 11.4. The summed E-state index contributed by atoms with van der Waals surface area (Å²) in [5.41, 5.74) is 0. The van der Waals surface area contributed by atoms with Crippen molar-refractivity contribution in [3.05, 3.63) is 24.3 Å². The number of benzene rings is 1. The lowest BCUT2D eigenvalue weighted by atomic mass is 10.3. The molecule has 0 aliphatic heterocycles. The van der Waals surface area contributed by atoms with Crippen LogP contribution in [0.1, 0.15) is 13.3 Å². The van der Waals surface area contributed by atoms with Gasteiger partial charge in [-0.15, -0.1) is 11.8 Å². The van der Waals surface area contributed by atoms with Gasteiger partial charge in [-0.1, -0.05) is 6.92 Å². The highest BCUT2D eigenvalue weighted by Crippen LogP contribution is 2.20. The van der Waals surface area contributed by atoms with Crippen LogP contribution in [0.5, 0.6) is 5.75 Å². The molecule has 1 aromatic rings. The Morgan fingerprint density at radius 3 is 2.61 bits per heavy atom. The summed E-state index contributed by atoms with van der Waals surface area (Å²) in [5, 5.41) is 15.2. The third kappa shape index (κ3) is 6.51. The predicted octanol–water partition coefficient (Wildman–Crippen LogP) is 1.60. The third-order valence-electron chi connectivity index (χ3n) is 2.26. The summed E-state index contributed by atoms with van der Waals surface area (Å²) in [4.78, 5) is 12.5. The van der Waals surface area contributed by atoms with Crippen molar-refractivity contribution in [2.24, 2.45) is 0 Å². The van der Waals surface area contributed by atoms with Gasteiger partial charge in [0.2, 0.25) is 5.91 Å². The van der Waals surface area contributed by atoms with Gasteiger partial charge in [0, 0.05) is 18.0 Å². The van der Waals surface area contributed by atoms with Crippen LogP contribution < -0.4 is 10.6 Å². The maximum atomic E-state index is 11.5. The lowest BCUT2D eigenvalue weighted by molar-refractivity contribution is -0.118. The first-order valence-corrected chi connectivity index (χ1v) is 7.10. The Balaban J connectivity index is 2.11. The van der Waals surface area contributed by atoms with Gasteiger partial charge in [-0.25, -0.2) is 0 Å². The van der Waals surface area contributed by atoms with Crippen LogP contribution in [-0.4, -0.2) is 36.4 Å². The molecule has 0 saturated carbocycles. The van der Waals surface area contributed by atoms with Crippen LogP contribution >= 0.6 is 11.8 Å². The number of amides is 1. The van der Waals surface area contributed by atoms with Crippen LogP contribution in [0.3, 0.4) is 0 Å². The van der Waals surface area contributed by atoms with E-state index in [-0.39, 0.29) is 11.7 Å². The molecular weight excluding hydrogens is 248 g/mol. The molecule has 0 aliphatic rings. The predicted molar refractivity (Wildman–Crippen MR) is 75.0 cm³/mol. The minimum atomic E-state index is 0.0337. The van der Waals surface area contributed by atoms with Crippen LogP contribution in [0.2, 0.25) is 0 Å². The van der Waals surface area contributed by atoms with E-state index in [1.165, 1.54) is 11.8 Å². The molecule has 1 rings (SSSR count). The molecule has 0 fully saturated rings. The number of aromatic hydroxyl groups is 1. The number of hydrogen-bond acceptors (Lipinski definition) is 4. The number of carbonyl (C=O) groups excluding carboxylic acids is 1. The van der Waals surface area contributed by atoms with Gasteiger partial charge < -0.3 is 15.7 Å². The molecule has 100 valence electrons. The smallest absolute Gasteiger partial charge is 0.230 e. The lowest BCUT2D eigenvalue weighted by Crippen LogP contribution is -2.33. The van der Waals surface area contributed by atoms with E-state index in [1.807, 2.05) is 0 Å². The molecule has 0 atom stereocenters. The number of nitrogens with one attached hydrogen (secondary N) is 2. The summed E-state index contributed by atoms with van der Waals surface area (Å²) >= 11 is 1.46. The molecule has 0 radical (unpaired) electrons. The fourth-order valence-electron chi connectivity index (χ4n) is 1.33. The Hall–Kier alpha value is -1.20. The monoisotopic (exact) mass is 268 g/mol. The van der Waals surface area contributed by atoms with E-state index >= 15 is 0 Å². The van der Waals surface area contributed by atoms with Crippen molar-refractivity contribution >= 4 is 17.7 Å². The van der Waals surface area contributed by atoms with Gasteiger partial charge in [-0.2, -0.15) is 0 Å². The van der Waals surface area contributed by atoms with Gasteiger partial charge in [0.05, 0.1) is 5.75 Å². The molecule has 0 aromatic heterocycles. The molecule has 1 amide bonds. The van der Waals surface area contributed by atoms with E-state index in [0.717, 1.165) is 24.4 Å². The van der Waals surface area contributed by atoms with Crippen molar-refractivity contribution in [3.8, 4) is 5.75 Å². The molecule has 1 aromatic carbocycles. The van der Waals surface area contributed by atoms with E-state index in [4.69, 9.17) is 5.11 Å². The number of rotatable bonds is 8. The van der Waals surface area contributed by atoms with Gasteiger partial charge in [0.15, 0.2) is 0 Å². The Morgan fingerprint density at radius 2 is 1.94 bits per heavy atom. The second kappa shape index (κ2) is 8.83. The molecule has 0 saturated heterocycles. The van der Waals surface area contributed by atoms with Crippen LogP contribution in [-0.2, 0) is 4.79 Å². The van der Waals surface area contributed by atoms with Gasteiger partial charge in [-0.05, 0) is 37.2 Å². The molecule has 18 heavy (non-hydrogen) atoms. The van der Waals surface area contributed by atoms with E-state index in [2.05, 4.69) is 17.6 Å². The molecule has 0 unspecified atom stereocenters. The molecule has 0 heterocycles. The number of carbonyl (C=O) groups is 1. The van der Waals surface area contributed by atoms with Gasteiger partial charge in [0.1, 0.15) is 5.75 Å². The summed E-state index contributed by atoms with van der Waals surface area (Å²) in [5.74, 6) is 0.677. The average Bonchev–Trinajstić information content (AvgIpc) is 2.38. The van der Waals surface area contributed by atoms with E-state index in [0.29, 0.717) is 12.3 Å².